The molecule has 0 radical (unpaired) electrons. The molecule has 1 N–H and O–H groups in total. The number of aryl methyl sites for hydroxylation is 2. The van der Waals surface area contributed by atoms with Gasteiger partial charge in [0.1, 0.15) is 5.76 Å². The highest BCUT2D eigenvalue weighted by molar-refractivity contribution is 5.93. The zero-order chi connectivity index (χ0) is 18.7. The molecule has 0 spiro atoms. The molecule has 0 unspecified atom stereocenters. The predicted molar refractivity (Wildman–Crippen MR) is 96.8 cm³/mol. The van der Waals surface area contributed by atoms with E-state index in [1.54, 1.807) is 19.9 Å². The van der Waals surface area contributed by atoms with Gasteiger partial charge in [-0.3, -0.25) is 14.9 Å². The minimum Gasteiger partial charge on any atom is -0.441 e. The number of anilines is 1. The highest BCUT2D eigenvalue weighted by atomic mass is 16.6. The van der Waals surface area contributed by atoms with E-state index < -0.39 is 4.92 Å². The van der Waals surface area contributed by atoms with Crippen LogP contribution in [0, 0.1) is 24.0 Å². The molecule has 3 aromatic rings. The average molecular weight is 351 g/mol. The molecule has 0 aliphatic rings. The monoisotopic (exact) mass is 351 g/mol. The van der Waals surface area contributed by atoms with Gasteiger partial charge in [-0.1, -0.05) is 24.3 Å². The quantitative estimate of drug-likeness (QED) is 0.552. The zero-order valence-electron chi connectivity index (χ0n) is 14.4. The number of carbonyl (C=O) groups excluding carboxylic acids is 1. The molecular weight excluding hydrogens is 334 g/mol. The third-order valence-electron chi connectivity index (χ3n) is 3.95. The number of nitrogens with one attached hydrogen (secondary N) is 1. The first-order valence-electron chi connectivity index (χ1n) is 8.00. The first-order chi connectivity index (χ1) is 12.4. The molecule has 26 heavy (non-hydrogen) atoms. The summed E-state index contributed by atoms with van der Waals surface area (Å²) in [6.45, 7) is 3.52. The van der Waals surface area contributed by atoms with E-state index >= 15 is 0 Å². The van der Waals surface area contributed by atoms with Gasteiger partial charge in [-0.15, -0.1) is 0 Å². The number of rotatable bonds is 5. The second-order valence-electron chi connectivity index (χ2n) is 5.87. The molecule has 1 aromatic heterocycles. The van der Waals surface area contributed by atoms with Crippen LogP contribution in [0.15, 0.2) is 52.9 Å². The van der Waals surface area contributed by atoms with Crippen molar-refractivity contribution in [3.63, 3.8) is 0 Å². The maximum atomic E-state index is 12.4. The van der Waals surface area contributed by atoms with E-state index in [0.717, 1.165) is 11.1 Å². The number of hydrogen-bond acceptors (Lipinski definition) is 5. The maximum absolute atomic E-state index is 12.4. The molecule has 1 amide bonds. The van der Waals surface area contributed by atoms with Crippen LogP contribution in [0.1, 0.15) is 17.0 Å². The van der Waals surface area contributed by atoms with Crippen LogP contribution in [0.5, 0.6) is 0 Å². The normalized spacial score (nSPS) is 10.5. The molecule has 0 aliphatic heterocycles. The van der Waals surface area contributed by atoms with Gasteiger partial charge in [0.25, 0.3) is 5.69 Å². The summed E-state index contributed by atoms with van der Waals surface area (Å²) >= 11 is 0. The number of nitro groups is 1. The molecular formula is C19H17N3O4. The molecule has 0 saturated carbocycles. The van der Waals surface area contributed by atoms with Crippen molar-refractivity contribution < 1.29 is 14.1 Å². The van der Waals surface area contributed by atoms with Crippen LogP contribution in [0.3, 0.4) is 0 Å². The molecule has 0 fully saturated rings. The Labute approximate surface area is 149 Å². The molecule has 0 saturated heterocycles. The Balaban J connectivity index is 1.76. The Morgan fingerprint density at radius 3 is 2.62 bits per heavy atom. The number of non-ortho nitro benzene ring substituents is 1. The van der Waals surface area contributed by atoms with Gasteiger partial charge in [-0.25, -0.2) is 4.98 Å². The summed E-state index contributed by atoms with van der Waals surface area (Å²) < 4.78 is 5.65. The third-order valence-corrected chi connectivity index (χ3v) is 3.95. The van der Waals surface area contributed by atoms with E-state index in [2.05, 4.69) is 10.3 Å². The van der Waals surface area contributed by atoms with Gasteiger partial charge in [0.2, 0.25) is 11.8 Å². The first kappa shape index (κ1) is 17.3. The topological polar surface area (TPSA) is 98.3 Å². The van der Waals surface area contributed by atoms with Crippen molar-refractivity contribution in [2.24, 2.45) is 0 Å². The maximum Gasteiger partial charge on any atom is 0.271 e. The summed E-state index contributed by atoms with van der Waals surface area (Å²) in [6, 6.07) is 13.8. The minimum atomic E-state index is -0.497. The van der Waals surface area contributed by atoms with Crippen LogP contribution in [0.25, 0.3) is 11.5 Å². The SMILES string of the molecule is Cc1ccc([N+](=O)[O-])cc1NC(=O)Cc1nc(-c2ccccc2)oc1C. The van der Waals surface area contributed by atoms with Crippen molar-refractivity contribution in [1.29, 1.82) is 0 Å². The van der Waals surface area contributed by atoms with E-state index in [4.69, 9.17) is 4.42 Å². The summed E-state index contributed by atoms with van der Waals surface area (Å²) in [5.74, 6) is 0.705. The van der Waals surface area contributed by atoms with Crippen molar-refractivity contribution >= 4 is 17.3 Å². The fourth-order valence-corrected chi connectivity index (χ4v) is 2.50. The van der Waals surface area contributed by atoms with Crippen LogP contribution in [-0.4, -0.2) is 15.8 Å². The molecule has 2 aromatic carbocycles. The molecule has 1 heterocycles. The van der Waals surface area contributed by atoms with Crippen LogP contribution in [-0.2, 0) is 11.2 Å². The first-order valence-corrected chi connectivity index (χ1v) is 8.00. The summed E-state index contributed by atoms with van der Waals surface area (Å²) in [4.78, 5) is 27.1. The standard InChI is InChI=1S/C19H17N3O4/c1-12-8-9-15(22(24)25)10-16(12)20-18(23)11-17-13(2)26-19(21-17)14-6-4-3-5-7-14/h3-10H,11H2,1-2H3,(H,20,23). The number of aromatic nitrogens is 1. The number of amides is 1. The van der Waals surface area contributed by atoms with Crippen molar-refractivity contribution in [3.05, 3.63) is 75.7 Å². The predicted octanol–water partition coefficient (Wildman–Crippen LogP) is 4.05. The third kappa shape index (κ3) is 3.77. The average Bonchev–Trinajstić information content (AvgIpc) is 2.98. The van der Waals surface area contributed by atoms with Crippen molar-refractivity contribution in [1.82, 2.24) is 4.98 Å². The highest BCUT2D eigenvalue weighted by Crippen LogP contribution is 2.24. The van der Waals surface area contributed by atoms with E-state index in [1.165, 1.54) is 12.1 Å². The number of carbonyl (C=O) groups is 1. The second kappa shape index (κ2) is 7.18. The number of nitrogens with zero attached hydrogens (tertiary/aromatic N) is 2. The van der Waals surface area contributed by atoms with E-state index in [9.17, 15) is 14.9 Å². The summed E-state index contributed by atoms with van der Waals surface area (Å²) in [5, 5.41) is 13.6. The van der Waals surface area contributed by atoms with E-state index in [0.29, 0.717) is 23.0 Å². The Morgan fingerprint density at radius 2 is 1.92 bits per heavy atom. The van der Waals surface area contributed by atoms with Gasteiger partial charge in [0.05, 0.1) is 22.7 Å². The van der Waals surface area contributed by atoms with Gasteiger partial charge in [0.15, 0.2) is 0 Å². The van der Waals surface area contributed by atoms with E-state index in [-0.39, 0.29) is 18.0 Å². The van der Waals surface area contributed by atoms with Crippen LogP contribution in [0.4, 0.5) is 11.4 Å². The lowest BCUT2D eigenvalue weighted by Gasteiger charge is -2.07. The fraction of sp³-hybridized carbons (Fsp3) is 0.158. The van der Waals surface area contributed by atoms with Crippen molar-refractivity contribution in [2.75, 3.05) is 5.32 Å². The summed E-state index contributed by atoms with van der Waals surface area (Å²) in [7, 11) is 0. The smallest absolute Gasteiger partial charge is 0.271 e. The molecule has 0 bridgehead atoms. The Morgan fingerprint density at radius 1 is 1.19 bits per heavy atom. The van der Waals surface area contributed by atoms with Crippen LogP contribution in [0.2, 0.25) is 0 Å². The number of hydrogen-bond donors (Lipinski definition) is 1. The molecule has 7 heteroatoms. The van der Waals surface area contributed by atoms with Gasteiger partial charge < -0.3 is 9.73 Å². The Kier molecular flexibility index (Phi) is 4.79. The highest BCUT2D eigenvalue weighted by Gasteiger charge is 2.16. The minimum absolute atomic E-state index is 0.0182. The lowest BCUT2D eigenvalue weighted by molar-refractivity contribution is -0.384. The van der Waals surface area contributed by atoms with Crippen LogP contribution >= 0.6 is 0 Å². The zero-order valence-corrected chi connectivity index (χ0v) is 14.4. The van der Waals surface area contributed by atoms with E-state index in [1.807, 2.05) is 30.3 Å². The summed E-state index contributed by atoms with van der Waals surface area (Å²) in [6.07, 6.45) is 0.0182. The summed E-state index contributed by atoms with van der Waals surface area (Å²) in [5.41, 5.74) is 2.44. The molecule has 3 rings (SSSR count). The lowest BCUT2D eigenvalue weighted by Crippen LogP contribution is -2.16. The lowest BCUT2D eigenvalue weighted by atomic mass is 10.1. The van der Waals surface area contributed by atoms with Crippen molar-refractivity contribution in [3.8, 4) is 11.5 Å². The largest absolute Gasteiger partial charge is 0.441 e. The molecule has 0 aliphatic carbocycles. The number of oxazole rings is 1. The second-order valence-corrected chi connectivity index (χ2v) is 5.87. The van der Waals surface area contributed by atoms with Gasteiger partial charge in [0, 0.05) is 17.7 Å². The molecule has 7 nitrogen and oxygen atoms in total. The molecule has 0 atom stereocenters. The number of nitro benzene ring substituents is 1. The Hall–Kier alpha value is -3.48. The number of benzene rings is 2. The van der Waals surface area contributed by atoms with Crippen LogP contribution < -0.4 is 5.32 Å². The van der Waals surface area contributed by atoms with Crippen molar-refractivity contribution in [2.45, 2.75) is 20.3 Å². The van der Waals surface area contributed by atoms with Gasteiger partial charge in [-0.05, 0) is 31.5 Å². The fourth-order valence-electron chi connectivity index (χ4n) is 2.50. The van der Waals surface area contributed by atoms with Gasteiger partial charge >= 0.3 is 0 Å². The Bertz CT molecular complexity index is 964. The molecule has 132 valence electrons. The van der Waals surface area contributed by atoms with Gasteiger partial charge in [-0.2, -0.15) is 0 Å².